The number of thiophene rings is 1. The topological polar surface area (TPSA) is 59.1 Å². The molecule has 2 aromatic carbocycles. The van der Waals surface area contributed by atoms with Gasteiger partial charge in [-0.25, -0.2) is 0 Å². The van der Waals surface area contributed by atoms with Crippen LogP contribution in [0.15, 0.2) is 60.5 Å². The zero-order valence-electron chi connectivity index (χ0n) is 21.1. The first-order chi connectivity index (χ1) is 17.8. The number of nitrogens with zero attached hydrogens (tertiary/aromatic N) is 2. The zero-order chi connectivity index (χ0) is 26.9. The second-order valence-corrected chi connectivity index (χ2v) is 10.2. The first-order valence-electron chi connectivity index (χ1n) is 11.6. The van der Waals surface area contributed by atoms with E-state index in [1.807, 2.05) is 36.6 Å². The molecule has 0 aliphatic carbocycles. The molecule has 0 aliphatic heterocycles. The molecule has 3 rings (SSSR count). The summed E-state index contributed by atoms with van der Waals surface area (Å²) < 4.78 is 10.7. The van der Waals surface area contributed by atoms with E-state index in [2.05, 4.69) is 6.58 Å². The zero-order valence-corrected chi connectivity index (χ0v) is 23.5. The number of rotatable bonds is 12. The largest absolute Gasteiger partial charge is 0.493 e. The lowest BCUT2D eigenvalue weighted by molar-refractivity contribution is -0.132. The molecule has 1 heterocycles. The van der Waals surface area contributed by atoms with E-state index in [-0.39, 0.29) is 35.5 Å². The van der Waals surface area contributed by atoms with Gasteiger partial charge in [-0.3, -0.25) is 9.59 Å². The van der Waals surface area contributed by atoms with E-state index < -0.39 is 0 Å². The molecule has 0 saturated carbocycles. The molecule has 3 aromatic rings. The fourth-order valence-corrected chi connectivity index (χ4v) is 5.21. The van der Waals surface area contributed by atoms with Gasteiger partial charge in [-0.1, -0.05) is 35.3 Å². The molecule has 9 heteroatoms. The summed E-state index contributed by atoms with van der Waals surface area (Å²) in [4.78, 5) is 31.2. The number of hydrogen-bond donors (Lipinski definition) is 0. The van der Waals surface area contributed by atoms with Crippen LogP contribution >= 0.6 is 34.5 Å². The molecular weight excluding hydrogens is 531 g/mol. The smallest absolute Gasteiger partial charge is 0.256 e. The van der Waals surface area contributed by atoms with Crippen molar-refractivity contribution in [2.24, 2.45) is 0 Å². The third kappa shape index (κ3) is 7.51. The van der Waals surface area contributed by atoms with Gasteiger partial charge in [0.05, 0.1) is 31.4 Å². The van der Waals surface area contributed by atoms with Gasteiger partial charge < -0.3 is 19.3 Å². The minimum atomic E-state index is -0.359. The van der Waals surface area contributed by atoms with Crippen LogP contribution in [0.25, 0.3) is 0 Å². The second-order valence-electron chi connectivity index (χ2n) is 8.38. The lowest BCUT2D eigenvalue weighted by atomic mass is 10.1. The van der Waals surface area contributed by atoms with Gasteiger partial charge in [0.1, 0.15) is 6.54 Å². The monoisotopic (exact) mass is 560 g/mol. The number of carbonyl (C=O) groups excluding carboxylic acids is 2. The van der Waals surface area contributed by atoms with Crippen molar-refractivity contribution in [2.45, 2.75) is 19.9 Å². The van der Waals surface area contributed by atoms with E-state index >= 15 is 0 Å². The highest BCUT2D eigenvalue weighted by Gasteiger charge is 2.24. The number of amides is 2. The molecule has 0 radical (unpaired) electrons. The number of methoxy groups -OCH3 is 2. The van der Waals surface area contributed by atoms with Crippen LogP contribution in [0.5, 0.6) is 11.5 Å². The highest BCUT2D eigenvalue weighted by molar-refractivity contribution is 7.10. The molecule has 6 nitrogen and oxygen atoms in total. The number of halogens is 2. The number of aryl methyl sites for hydroxylation is 1. The second kappa shape index (κ2) is 13.5. The number of hydrogen-bond acceptors (Lipinski definition) is 5. The quantitative estimate of drug-likeness (QED) is 0.244. The molecular formula is C28H30Cl2N2O4S. The van der Waals surface area contributed by atoms with Crippen LogP contribution < -0.4 is 9.47 Å². The SMILES string of the molecule is C=CCN(CC(=O)N(CCc1ccc(OC)c(OC)c1)Cc1sccc1C)C(=O)c1ccc(Cl)cc1Cl. The van der Waals surface area contributed by atoms with Crippen molar-refractivity contribution in [2.75, 3.05) is 33.9 Å². The summed E-state index contributed by atoms with van der Waals surface area (Å²) in [5.41, 5.74) is 2.41. The van der Waals surface area contributed by atoms with Gasteiger partial charge in [-0.15, -0.1) is 17.9 Å². The van der Waals surface area contributed by atoms with Gasteiger partial charge in [-0.2, -0.15) is 0 Å². The van der Waals surface area contributed by atoms with E-state index in [0.717, 1.165) is 16.0 Å². The molecule has 0 spiro atoms. The summed E-state index contributed by atoms with van der Waals surface area (Å²) >= 11 is 13.9. The Kier molecular flexibility index (Phi) is 10.4. The van der Waals surface area contributed by atoms with Gasteiger partial charge in [0.2, 0.25) is 5.91 Å². The van der Waals surface area contributed by atoms with Crippen molar-refractivity contribution in [1.29, 1.82) is 0 Å². The molecule has 0 fully saturated rings. The van der Waals surface area contributed by atoms with Crippen LogP contribution in [-0.4, -0.2) is 55.5 Å². The van der Waals surface area contributed by atoms with Gasteiger partial charge in [0, 0.05) is 23.0 Å². The van der Waals surface area contributed by atoms with Gasteiger partial charge in [0.15, 0.2) is 11.5 Å². The average Bonchev–Trinajstić information content (AvgIpc) is 3.29. The fourth-order valence-electron chi connectivity index (χ4n) is 3.80. The molecule has 37 heavy (non-hydrogen) atoms. The average molecular weight is 562 g/mol. The predicted octanol–water partition coefficient (Wildman–Crippen LogP) is 6.28. The van der Waals surface area contributed by atoms with Crippen molar-refractivity contribution in [3.05, 3.63) is 92.1 Å². The van der Waals surface area contributed by atoms with Crippen molar-refractivity contribution in [3.63, 3.8) is 0 Å². The molecule has 0 atom stereocenters. The van der Waals surface area contributed by atoms with E-state index in [4.69, 9.17) is 32.7 Å². The highest BCUT2D eigenvalue weighted by atomic mass is 35.5. The summed E-state index contributed by atoms with van der Waals surface area (Å²) in [7, 11) is 3.18. The van der Waals surface area contributed by atoms with Crippen molar-refractivity contribution < 1.29 is 19.1 Å². The van der Waals surface area contributed by atoms with E-state index in [9.17, 15) is 9.59 Å². The standard InChI is InChI=1S/C28H30Cl2N2O4S/c1-5-12-32(28(34)22-8-7-21(29)16-23(22)30)18-27(33)31(17-26-19(2)11-14-37-26)13-10-20-6-9-24(35-3)25(15-20)36-4/h5-9,11,14-16H,1,10,12-13,17-18H2,2-4H3. The number of ether oxygens (including phenoxy) is 2. The minimum Gasteiger partial charge on any atom is -0.493 e. The Hall–Kier alpha value is -3.00. The normalized spacial score (nSPS) is 10.6. The Morgan fingerprint density at radius 3 is 2.41 bits per heavy atom. The maximum absolute atomic E-state index is 13.6. The Bertz CT molecular complexity index is 1260. The molecule has 196 valence electrons. The lowest BCUT2D eigenvalue weighted by Crippen LogP contribution is -2.43. The van der Waals surface area contributed by atoms with E-state index in [1.165, 1.54) is 11.0 Å². The van der Waals surface area contributed by atoms with Crippen molar-refractivity contribution in [3.8, 4) is 11.5 Å². The van der Waals surface area contributed by atoms with E-state index in [1.54, 1.807) is 48.7 Å². The molecule has 0 unspecified atom stereocenters. The Morgan fingerprint density at radius 1 is 1.03 bits per heavy atom. The number of benzene rings is 2. The third-order valence-electron chi connectivity index (χ3n) is 5.90. The molecule has 0 N–H and O–H groups in total. The summed E-state index contributed by atoms with van der Waals surface area (Å²) in [6.45, 7) is 6.78. The van der Waals surface area contributed by atoms with E-state index in [0.29, 0.717) is 36.0 Å². The van der Waals surface area contributed by atoms with Crippen LogP contribution in [0.4, 0.5) is 0 Å². The van der Waals surface area contributed by atoms with Crippen LogP contribution in [-0.2, 0) is 17.8 Å². The summed E-state index contributed by atoms with van der Waals surface area (Å²) in [5.74, 6) is 0.748. The predicted molar refractivity (Wildman–Crippen MR) is 150 cm³/mol. The lowest BCUT2D eigenvalue weighted by Gasteiger charge is -2.27. The van der Waals surface area contributed by atoms with Crippen LogP contribution in [0.2, 0.25) is 10.0 Å². The summed E-state index contributed by atoms with van der Waals surface area (Å²) in [5, 5.41) is 2.68. The van der Waals surface area contributed by atoms with Gasteiger partial charge >= 0.3 is 0 Å². The van der Waals surface area contributed by atoms with Gasteiger partial charge in [0.25, 0.3) is 5.91 Å². The number of carbonyl (C=O) groups is 2. The highest BCUT2D eigenvalue weighted by Crippen LogP contribution is 2.28. The van der Waals surface area contributed by atoms with Crippen molar-refractivity contribution in [1.82, 2.24) is 9.80 Å². The Morgan fingerprint density at radius 2 is 1.78 bits per heavy atom. The van der Waals surface area contributed by atoms with Crippen LogP contribution in [0, 0.1) is 6.92 Å². The van der Waals surface area contributed by atoms with Gasteiger partial charge in [-0.05, 0) is 66.2 Å². The first kappa shape index (κ1) is 28.6. The fraction of sp³-hybridized carbons (Fsp3) is 0.286. The Labute approximate surface area is 232 Å². The molecule has 0 saturated heterocycles. The van der Waals surface area contributed by atoms with Crippen molar-refractivity contribution >= 4 is 46.4 Å². The third-order valence-corrected chi connectivity index (χ3v) is 7.45. The molecule has 0 bridgehead atoms. The van der Waals surface area contributed by atoms with Crippen LogP contribution in [0.3, 0.4) is 0 Å². The first-order valence-corrected chi connectivity index (χ1v) is 13.3. The maximum atomic E-state index is 13.6. The molecule has 1 aromatic heterocycles. The summed E-state index contributed by atoms with van der Waals surface area (Å²) in [6, 6.07) is 12.4. The minimum absolute atomic E-state index is 0.111. The molecule has 2 amide bonds. The molecule has 0 aliphatic rings. The van der Waals surface area contributed by atoms with Crippen LogP contribution in [0.1, 0.15) is 26.4 Å². The maximum Gasteiger partial charge on any atom is 0.256 e. The Balaban J connectivity index is 1.81. The summed E-state index contributed by atoms with van der Waals surface area (Å²) in [6.07, 6.45) is 2.20.